The average molecular weight is 272 g/mol. The topological polar surface area (TPSA) is 49.3 Å². The van der Waals surface area contributed by atoms with Crippen LogP contribution < -0.4 is 10.6 Å². The second kappa shape index (κ2) is 5.84. The standard InChI is InChI=1S/C14H16N4S/c1-2-5-11(6-3-1)12-10-19-13(18-12)9-17-14-15-7-4-8-16-14/h1-3,5-6,10H,4,7-9H2,(H2,15,16,17). The van der Waals surface area contributed by atoms with Crippen LogP contribution in [-0.2, 0) is 6.54 Å². The van der Waals surface area contributed by atoms with Crippen molar-refractivity contribution in [3.8, 4) is 11.3 Å². The number of benzene rings is 1. The first-order chi connectivity index (χ1) is 9.42. The minimum Gasteiger partial charge on any atom is -0.356 e. The lowest BCUT2D eigenvalue weighted by Crippen LogP contribution is -2.40. The van der Waals surface area contributed by atoms with Crippen LogP contribution >= 0.6 is 11.3 Å². The van der Waals surface area contributed by atoms with Gasteiger partial charge in [0.1, 0.15) is 5.01 Å². The quantitative estimate of drug-likeness (QED) is 0.901. The fourth-order valence-electron chi connectivity index (χ4n) is 1.94. The molecule has 2 N–H and O–H groups in total. The number of aliphatic imine (C=N–C) groups is 1. The molecule has 0 aliphatic carbocycles. The molecule has 0 unspecified atom stereocenters. The van der Waals surface area contributed by atoms with E-state index in [2.05, 4.69) is 38.1 Å². The molecule has 0 fully saturated rings. The molecule has 0 saturated heterocycles. The second-order valence-electron chi connectivity index (χ2n) is 4.36. The summed E-state index contributed by atoms with van der Waals surface area (Å²) >= 11 is 1.68. The highest BCUT2D eigenvalue weighted by molar-refractivity contribution is 7.09. The van der Waals surface area contributed by atoms with Gasteiger partial charge in [-0.3, -0.25) is 4.99 Å². The predicted octanol–water partition coefficient (Wildman–Crippen LogP) is 2.25. The number of hydrogen-bond acceptors (Lipinski definition) is 5. The summed E-state index contributed by atoms with van der Waals surface area (Å²) in [5.41, 5.74) is 2.21. The van der Waals surface area contributed by atoms with Gasteiger partial charge in [0.05, 0.1) is 12.2 Å². The van der Waals surface area contributed by atoms with Gasteiger partial charge in [0.2, 0.25) is 0 Å². The molecular weight excluding hydrogens is 256 g/mol. The Hall–Kier alpha value is -1.88. The van der Waals surface area contributed by atoms with Gasteiger partial charge in [-0.05, 0) is 6.42 Å². The van der Waals surface area contributed by atoms with E-state index in [1.807, 2.05) is 18.2 Å². The van der Waals surface area contributed by atoms with E-state index in [0.717, 1.165) is 48.3 Å². The summed E-state index contributed by atoms with van der Waals surface area (Å²) in [5, 5.41) is 9.71. The van der Waals surface area contributed by atoms with E-state index < -0.39 is 0 Å². The minimum atomic E-state index is 0.726. The zero-order valence-corrected chi connectivity index (χ0v) is 11.4. The lowest BCUT2D eigenvalue weighted by Gasteiger charge is -2.14. The molecule has 1 aliphatic heterocycles. The molecule has 5 heteroatoms. The summed E-state index contributed by atoms with van der Waals surface area (Å²) in [4.78, 5) is 9.02. The molecule has 3 rings (SSSR count). The molecular formula is C14H16N4S. The SMILES string of the molecule is c1ccc(-c2csc(CNC3=NCCCN3)n2)cc1. The van der Waals surface area contributed by atoms with Gasteiger partial charge in [-0.1, -0.05) is 30.3 Å². The normalized spacial score (nSPS) is 14.6. The van der Waals surface area contributed by atoms with E-state index in [1.165, 1.54) is 0 Å². The Morgan fingerprint density at radius 3 is 2.95 bits per heavy atom. The Balaban J connectivity index is 1.64. The first-order valence-corrected chi connectivity index (χ1v) is 7.32. The van der Waals surface area contributed by atoms with Crippen LogP contribution in [0.2, 0.25) is 0 Å². The van der Waals surface area contributed by atoms with Crippen molar-refractivity contribution >= 4 is 17.3 Å². The van der Waals surface area contributed by atoms with Gasteiger partial charge in [-0.15, -0.1) is 11.3 Å². The molecule has 0 atom stereocenters. The lowest BCUT2D eigenvalue weighted by atomic mass is 10.2. The zero-order chi connectivity index (χ0) is 12.9. The fraction of sp³-hybridized carbons (Fsp3) is 0.286. The summed E-state index contributed by atoms with van der Waals surface area (Å²) in [6.07, 6.45) is 1.11. The number of rotatable bonds is 3. The number of thiazole rings is 1. The fourth-order valence-corrected chi connectivity index (χ4v) is 2.69. The number of aromatic nitrogens is 1. The molecule has 98 valence electrons. The van der Waals surface area contributed by atoms with Crippen molar-refractivity contribution in [1.29, 1.82) is 0 Å². The summed E-state index contributed by atoms with van der Waals surface area (Å²) in [6.45, 7) is 2.63. The molecule has 1 aromatic heterocycles. The number of guanidine groups is 1. The van der Waals surface area contributed by atoms with Crippen LogP contribution in [0.5, 0.6) is 0 Å². The smallest absolute Gasteiger partial charge is 0.191 e. The van der Waals surface area contributed by atoms with Crippen molar-refractivity contribution in [2.24, 2.45) is 4.99 Å². The maximum absolute atomic E-state index is 4.64. The second-order valence-corrected chi connectivity index (χ2v) is 5.30. The Kier molecular flexibility index (Phi) is 3.74. The van der Waals surface area contributed by atoms with Crippen molar-refractivity contribution in [1.82, 2.24) is 15.6 Å². The van der Waals surface area contributed by atoms with Gasteiger partial charge in [-0.25, -0.2) is 4.98 Å². The Labute approximate surface area is 116 Å². The first kappa shape index (κ1) is 12.2. The van der Waals surface area contributed by atoms with Crippen LogP contribution in [0.1, 0.15) is 11.4 Å². The van der Waals surface area contributed by atoms with E-state index in [9.17, 15) is 0 Å². The van der Waals surface area contributed by atoms with Gasteiger partial charge in [0, 0.05) is 24.0 Å². The van der Waals surface area contributed by atoms with E-state index in [1.54, 1.807) is 11.3 Å². The van der Waals surface area contributed by atoms with Crippen molar-refractivity contribution in [2.45, 2.75) is 13.0 Å². The van der Waals surface area contributed by atoms with Gasteiger partial charge in [0.25, 0.3) is 0 Å². The lowest BCUT2D eigenvalue weighted by molar-refractivity contribution is 0.701. The molecule has 2 heterocycles. The number of nitrogens with one attached hydrogen (secondary N) is 2. The Bertz CT molecular complexity index is 562. The van der Waals surface area contributed by atoms with Gasteiger partial charge in [0.15, 0.2) is 5.96 Å². The van der Waals surface area contributed by atoms with E-state index in [4.69, 9.17) is 0 Å². The monoisotopic (exact) mass is 272 g/mol. The predicted molar refractivity (Wildman–Crippen MR) is 79.3 cm³/mol. The molecule has 0 amide bonds. The van der Waals surface area contributed by atoms with Crippen molar-refractivity contribution in [3.63, 3.8) is 0 Å². The summed E-state index contributed by atoms with van der Waals surface area (Å²) in [6, 6.07) is 10.3. The van der Waals surface area contributed by atoms with Crippen molar-refractivity contribution < 1.29 is 0 Å². The summed E-state index contributed by atoms with van der Waals surface area (Å²) in [7, 11) is 0. The van der Waals surface area contributed by atoms with E-state index in [-0.39, 0.29) is 0 Å². The zero-order valence-electron chi connectivity index (χ0n) is 10.6. The molecule has 4 nitrogen and oxygen atoms in total. The summed E-state index contributed by atoms with van der Waals surface area (Å²) in [5.74, 6) is 0.891. The third-order valence-corrected chi connectivity index (χ3v) is 3.77. The molecule has 0 bridgehead atoms. The van der Waals surface area contributed by atoms with Crippen LogP contribution in [0, 0.1) is 0 Å². The molecule has 0 radical (unpaired) electrons. The maximum atomic E-state index is 4.64. The Morgan fingerprint density at radius 1 is 1.26 bits per heavy atom. The largest absolute Gasteiger partial charge is 0.356 e. The highest BCUT2D eigenvalue weighted by Crippen LogP contribution is 2.21. The van der Waals surface area contributed by atoms with Crippen LogP contribution in [0.25, 0.3) is 11.3 Å². The van der Waals surface area contributed by atoms with Crippen LogP contribution in [-0.4, -0.2) is 24.0 Å². The molecule has 1 aromatic carbocycles. The Morgan fingerprint density at radius 2 is 2.16 bits per heavy atom. The number of hydrogen-bond donors (Lipinski definition) is 2. The molecule has 19 heavy (non-hydrogen) atoms. The highest BCUT2D eigenvalue weighted by atomic mass is 32.1. The van der Waals surface area contributed by atoms with Gasteiger partial charge >= 0.3 is 0 Å². The highest BCUT2D eigenvalue weighted by Gasteiger charge is 2.06. The van der Waals surface area contributed by atoms with Crippen molar-refractivity contribution in [3.05, 3.63) is 40.7 Å². The van der Waals surface area contributed by atoms with Crippen molar-refractivity contribution in [2.75, 3.05) is 13.1 Å². The van der Waals surface area contributed by atoms with E-state index >= 15 is 0 Å². The van der Waals surface area contributed by atoms with E-state index in [0.29, 0.717) is 0 Å². The minimum absolute atomic E-state index is 0.726. The number of nitrogens with zero attached hydrogens (tertiary/aromatic N) is 2. The van der Waals surface area contributed by atoms with Crippen LogP contribution in [0.4, 0.5) is 0 Å². The van der Waals surface area contributed by atoms with Gasteiger partial charge < -0.3 is 10.6 Å². The maximum Gasteiger partial charge on any atom is 0.191 e. The first-order valence-electron chi connectivity index (χ1n) is 6.44. The van der Waals surface area contributed by atoms with Crippen LogP contribution in [0.15, 0.2) is 40.7 Å². The summed E-state index contributed by atoms with van der Waals surface area (Å²) < 4.78 is 0. The van der Waals surface area contributed by atoms with Gasteiger partial charge in [-0.2, -0.15) is 0 Å². The third kappa shape index (κ3) is 3.12. The molecule has 2 aromatic rings. The van der Waals surface area contributed by atoms with Crippen LogP contribution in [0.3, 0.4) is 0 Å². The average Bonchev–Trinajstić information content (AvgIpc) is 2.96. The molecule has 1 aliphatic rings. The molecule has 0 spiro atoms. The molecule has 0 saturated carbocycles. The third-order valence-electron chi connectivity index (χ3n) is 2.93.